The number of carbonyl (C=O) groups excluding carboxylic acids is 1. The number of rotatable bonds is 1. The zero-order valence-electron chi connectivity index (χ0n) is 5.48. The fraction of sp³-hybridized carbons (Fsp3) is 0. The van der Waals surface area contributed by atoms with Crippen LogP contribution >= 0.6 is 0 Å². The summed E-state index contributed by atoms with van der Waals surface area (Å²) in [5, 5.41) is 18.0. The van der Waals surface area contributed by atoms with Gasteiger partial charge in [0.15, 0.2) is 5.69 Å². The summed E-state index contributed by atoms with van der Waals surface area (Å²) in [6.07, 6.45) is 1.22. The van der Waals surface area contributed by atoms with Gasteiger partial charge in [-0.2, -0.15) is 4.99 Å². The van der Waals surface area contributed by atoms with Gasteiger partial charge in [0.2, 0.25) is 6.08 Å². The first-order valence-corrected chi connectivity index (χ1v) is 2.84. The van der Waals surface area contributed by atoms with Crippen molar-refractivity contribution in [3.05, 3.63) is 18.2 Å². The third kappa shape index (κ3) is 1.36. The second kappa shape index (κ2) is 2.86. The van der Waals surface area contributed by atoms with Crippen molar-refractivity contribution in [2.75, 3.05) is 0 Å². The van der Waals surface area contributed by atoms with E-state index in [0.29, 0.717) is 0 Å². The third-order valence-electron chi connectivity index (χ3n) is 1.15. The molecule has 0 aromatic heterocycles. The molecule has 0 bridgehead atoms. The summed E-state index contributed by atoms with van der Waals surface area (Å²) in [7, 11) is 0. The van der Waals surface area contributed by atoms with E-state index in [1.165, 1.54) is 24.3 Å². The maximum atomic E-state index is 9.76. The lowest BCUT2D eigenvalue weighted by atomic mass is 10.3. The van der Waals surface area contributed by atoms with Crippen LogP contribution in [0.2, 0.25) is 0 Å². The first-order chi connectivity index (χ1) is 5.25. The number of hydrogen-bond acceptors (Lipinski definition) is 4. The van der Waals surface area contributed by atoms with E-state index >= 15 is 0 Å². The normalized spacial score (nSPS) is 8.73. The van der Waals surface area contributed by atoms with E-state index in [2.05, 4.69) is 4.99 Å². The standard InChI is InChI=1S/C7H5NO3/c9-4-8-7-5(10)2-1-3-6(7)11/h1-3,10-11H. The van der Waals surface area contributed by atoms with Gasteiger partial charge >= 0.3 is 0 Å². The van der Waals surface area contributed by atoms with E-state index in [1.807, 2.05) is 0 Å². The predicted octanol–water partition coefficient (Wildman–Crippen LogP) is 1.07. The molecule has 0 saturated carbocycles. The summed E-state index contributed by atoms with van der Waals surface area (Å²) in [6.45, 7) is 0. The summed E-state index contributed by atoms with van der Waals surface area (Å²) in [4.78, 5) is 12.9. The fourth-order valence-electron chi connectivity index (χ4n) is 0.680. The van der Waals surface area contributed by atoms with Crippen LogP contribution in [0.3, 0.4) is 0 Å². The molecule has 4 nitrogen and oxygen atoms in total. The molecule has 0 radical (unpaired) electrons. The Morgan fingerprint density at radius 1 is 1.27 bits per heavy atom. The number of nitrogens with zero attached hydrogens (tertiary/aromatic N) is 1. The Kier molecular flexibility index (Phi) is 1.90. The topological polar surface area (TPSA) is 69.9 Å². The molecule has 0 amide bonds. The number of benzene rings is 1. The average molecular weight is 151 g/mol. The molecule has 56 valence electrons. The quantitative estimate of drug-likeness (QED) is 0.465. The molecular weight excluding hydrogens is 146 g/mol. The van der Waals surface area contributed by atoms with Crippen LogP contribution in [0.25, 0.3) is 0 Å². The maximum absolute atomic E-state index is 9.76. The average Bonchev–Trinajstić information content (AvgIpc) is 1.97. The number of isocyanates is 1. The summed E-state index contributed by atoms with van der Waals surface area (Å²) < 4.78 is 0. The zero-order chi connectivity index (χ0) is 8.27. The van der Waals surface area contributed by atoms with Gasteiger partial charge in [0.05, 0.1) is 0 Å². The van der Waals surface area contributed by atoms with Crippen molar-refractivity contribution in [1.29, 1.82) is 0 Å². The molecular formula is C7H5NO3. The van der Waals surface area contributed by atoms with E-state index in [4.69, 9.17) is 10.2 Å². The van der Waals surface area contributed by atoms with Gasteiger partial charge in [0.25, 0.3) is 0 Å². The van der Waals surface area contributed by atoms with Crippen LogP contribution in [-0.2, 0) is 4.79 Å². The molecule has 0 aliphatic carbocycles. The number of phenols is 2. The van der Waals surface area contributed by atoms with Crippen LogP contribution < -0.4 is 0 Å². The van der Waals surface area contributed by atoms with Gasteiger partial charge in [-0.15, -0.1) is 0 Å². The molecule has 0 unspecified atom stereocenters. The Morgan fingerprint density at radius 2 is 1.82 bits per heavy atom. The van der Waals surface area contributed by atoms with E-state index in [9.17, 15) is 4.79 Å². The Bertz CT molecular complexity index is 295. The maximum Gasteiger partial charge on any atom is 0.240 e. The Hall–Kier alpha value is -1.80. The van der Waals surface area contributed by atoms with E-state index in [1.54, 1.807) is 0 Å². The highest BCUT2D eigenvalue weighted by atomic mass is 16.3. The Balaban J connectivity index is 3.31. The van der Waals surface area contributed by atoms with Crippen LogP contribution in [-0.4, -0.2) is 16.3 Å². The van der Waals surface area contributed by atoms with Crippen molar-refractivity contribution in [2.45, 2.75) is 0 Å². The van der Waals surface area contributed by atoms with Crippen LogP contribution in [0.4, 0.5) is 5.69 Å². The smallest absolute Gasteiger partial charge is 0.240 e. The first kappa shape index (κ1) is 7.31. The van der Waals surface area contributed by atoms with Crippen LogP contribution in [0.15, 0.2) is 23.2 Å². The van der Waals surface area contributed by atoms with Crippen molar-refractivity contribution in [1.82, 2.24) is 0 Å². The largest absolute Gasteiger partial charge is 0.506 e. The monoisotopic (exact) mass is 151 g/mol. The SMILES string of the molecule is O=C=Nc1c(O)cccc1O. The highest BCUT2D eigenvalue weighted by Crippen LogP contribution is 2.34. The molecule has 1 rings (SSSR count). The number of para-hydroxylation sites is 1. The van der Waals surface area contributed by atoms with E-state index in [0.717, 1.165) is 0 Å². The predicted molar refractivity (Wildman–Crippen MR) is 37.6 cm³/mol. The van der Waals surface area contributed by atoms with Gasteiger partial charge in [0.1, 0.15) is 11.5 Å². The molecule has 0 spiro atoms. The molecule has 2 N–H and O–H groups in total. The molecule has 4 heteroatoms. The van der Waals surface area contributed by atoms with Crippen LogP contribution in [0, 0.1) is 0 Å². The number of hydrogen-bond donors (Lipinski definition) is 2. The molecule has 0 aliphatic heterocycles. The van der Waals surface area contributed by atoms with Crippen molar-refractivity contribution >= 4 is 11.8 Å². The lowest BCUT2D eigenvalue weighted by molar-refractivity contribution is 0.453. The second-order valence-corrected chi connectivity index (χ2v) is 1.85. The van der Waals surface area contributed by atoms with Crippen LogP contribution in [0.1, 0.15) is 0 Å². The van der Waals surface area contributed by atoms with Gasteiger partial charge in [-0.3, -0.25) is 0 Å². The number of aliphatic imine (C=N–C) groups is 1. The zero-order valence-corrected chi connectivity index (χ0v) is 5.48. The summed E-state index contributed by atoms with van der Waals surface area (Å²) in [6, 6.07) is 4.07. The molecule has 0 atom stereocenters. The van der Waals surface area contributed by atoms with Gasteiger partial charge in [-0.1, -0.05) is 6.07 Å². The number of aromatic hydroxyl groups is 2. The summed E-state index contributed by atoms with van der Waals surface area (Å²) >= 11 is 0. The fourth-order valence-corrected chi connectivity index (χ4v) is 0.680. The molecule has 11 heavy (non-hydrogen) atoms. The molecule has 0 aliphatic rings. The Labute approximate surface area is 62.4 Å². The van der Waals surface area contributed by atoms with Crippen LogP contribution in [0.5, 0.6) is 11.5 Å². The lowest BCUT2D eigenvalue weighted by Crippen LogP contribution is -1.69. The summed E-state index contributed by atoms with van der Waals surface area (Å²) in [5.74, 6) is -0.485. The van der Waals surface area contributed by atoms with Crippen molar-refractivity contribution in [3.8, 4) is 11.5 Å². The number of phenolic OH excluding ortho intramolecular Hbond substituents is 2. The molecule has 0 saturated heterocycles. The van der Waals surface area contributed by atoms with Crippen molar-refractivity contribution in [3.63, 3.8) is 0 Å². The minimum atomic E-state index is -0.242. The minimum Gasteiger partial charge on any atom is -0.506 e. The second-order valence-electron chi connectivity index (χ2n) is 1.85. The first-order valence-electron chi connectivity index (χ1n) is 2.84. The van der Waals surface area contributed by atoms with Gasteiger partial charge in [-0.25, -0.2) is 4.79 Å². The van der Waals surface area contributed by atoms with E-state index < -0.39 is 0 Å². The minimum absolute atomic E-state index is 0.150. The van der Waals surface area contributed by atoms with Gasteiger partial charge in [-0.05, 0) is 12.1 Å². The summed E-state index contributed by atoms with van der Waals surface area (Å²) in [5.41, 5.74) is -0.150. The lowest BCUT2D eigenvalue weighted by Gasteiger charge is -1.97. The molecule has 0 fully saturated rings. The van der Waals surface area contributed by atoms with Gasteiger partial charge in [0, 0.05) is 0 Å². The van der Waals surface area contributed by atoms with E-state index in [-0.39, 0.29) is 17.2 Å². The highest BCUT2D eigenvalue weighted by Gasteiger charge is 2.03. The Morgan fingerprint density at radius 3 is 2.27 bits per heavy atom. The molecule has 1 aromatic rings. The molecule has 1 aromatic carbocycles. The highest BCUT2D eigenvalue weighted by molar-refractivity contribution is 5.64. The molecule has 0 heterocycles. The van der Waals surface area contributed by atoms with Crippen molar-refractivity contribution < 1.29 is 15.0 Å². The van der Waals surface area contributed by atoms with Crippen molar-refractivity contribution in [2.24, 2.45) is 4.99 Å². The third-order valence-corrected chi connectivity index (χ3v) is 1.15. The van der Waals surface area contributed by atoms with Gasteiger partial charge < -0.3 is 10.2 Å².